The molecule has 0 nitrogen and oxygen atoms in total. The van der Waals surface area contributed by atoms with Crippen LogP contribution in [0.25, 0.3) is 0 Å². The molecule has 0 heteroatoms. The molecule has 0 N–H and O–H groups in total. The van der Waals surface area contributed by atoms with E-state index in [-0.39, 0.29) is 0 Å². The molecule has 1 aliphatic carbocycles. The average molecular weight is 178 g/mol. The van der Waals surface area contributed by atoms with Crippen LogP contribution in [-0.4, -0.2) is 0 Å². The molecular weight excluding hydrogens is 156 g/mol. The Morgan fingerprint density at radius 1 is 1.00 bits per heavy atom. The van der Waals surface area contributed by atoms with Gasteiger partial charge in [0.2, 0.25) is 0 Å². The van der Waals surface area contributed by atoms with Gasteiger partial charge in [0, 0.05) is 0 Å². The van der Waals surface area contributed by atoms with Gasteiger partial charge in [-0.2, -0.15) is 0 Å². The third-order valence-electron chi connectivity index (χ3n) is 3.38. The van der Waals surface area contributed by atoms with Crippen molar-refractivity contribution in [2.75, 3.05) is 0 Å². The Morgan fingerprint density at radius 3 is 2.00 bits per heavy atom. The van der Waals surface area contributed by atoms with Gasteiger partial charge in [-0.05, 0) is 44.4 Å². The summed E-state index contributed by atoms with van der Waals surface area (Å²) >= 11 is 0. The van der Waals surface area contributed by atoms with Crippen LogP contribution in [0, 0.1) is 17.8 Å². The topological polar surface area (TPSA) is 0 Å². The standard InChI is InChI=1S/C13H22/c1-9(2)12-7-6-11(5)8-13(12)10(3)4/h11-13H,1,3,6-8H2,2,4-5H3/t11-,12+,13+/m0/s1. The van der Waals surface area contributed by atoms with E-state index < -0.39 is 0 Å². The summed E-state index contributed by atoms with van der Waals surface area (Å²) in [7, 11) is 0. The molecule has 1 saturated carbocycles. The van der Waals surface area contributed by atoms with E-state index in [4.69, 9.17) is 0 Å². The first-order chi connectivity index (χ1) is 6.02. The molecule has 0 unspecified atom stereocenters. The molecule has 0 spiro atoms. The maximum atomic E-state index is 4.10. The molecule has 1 rings (SSSR count). The summed E-state index contributed by atoms with van der Waals surface area (Å²) in [6.07, 6.45) is 3.99. The maximum Gasteiger partial charge on any atom is -0.0141 e. The van der Waals surface area contributed by atoms with Crippen LogP contribution in [-0.2, 0) is 0 Å². The minimum Gasteiger partial charge on any atom is -0.0998 e. The lowest BCUT2D eigenvalue weighted by Gasteiger charge is -2.35. The van der Waals surface area contributed by atoms with E-state index in [1.54, 1.807) is 0 Å². The average Bonchev–Trinajstić information content (AvgIpc) is 2.03. The highest BCUT2D eigenvalue weighted by Crippen LogP contribution is 2.40. The van der Waals surface area contributed by atoms with Gasteiger partial charge in [0.25, 0.3) is 0 Å². The van der Waals surface area contributed by atoms with Crippen molar-refractivity contribution in [1.29, 1.82) is 0 Å². The molecule has 1 aliphatic rings. The Kier molecular flexibility index (Phi) is 3.35. The molecule has 0 saturated heterocycles. The highest BCUT2D eigenvalue weighted by molar-refractivity contribution is 5.10. The quantitative estimate of drug-likeness (QED) is 0.556. The van der Waals surface area contributed by atoms with Crippen LogP contribution in [0.4, 0.5) is 0 Å². The molecule has 0 bridgehead atoms. The van der Waals surface area contributed by atoms with Crippen molar-refractivity contribution in [3.8, 4) is 0 Å². The monoisotopic (exact) mass is 178 g/mol. The van der Waals surface area contributed by atoms with Crippen LogP contribution in [0.1, 0.15) is 40.0 Å². The summed E-state index contributed by atoms with van der Waals surface area (Å²) in [4.78, 5) is 0. The molecule has 3 atom stereocenters. The van der Waals surface area contributed by atoms with Crippen LogP contribution in [0.5, 0.6) is 0 Å². The van der Waals surface area contributed by atoms with Gasteiger partial charge in [0.15, 0.2) is 0 Å². The summed E-state index contributed by atoms with van der Waals surface area (Å²) in [5, 5.41) is 0. The molecule has 74 valence electrons. The van der Waals surface area contributed by atoms with Crippen molar-refractivity contribution in [1.82, 2.24) is 0 Å². The van der Waals surface area contributed by atoms with E-state index in [1.807, 2.05) is 0 Å². The second-order valence-electron chi connectivity index (χ2n) is 4.82. The number of hydrogen-bond acceptors (Lipinski definition) is 0. The zero-order chi connectivity index (χ0) is 10.0. The highest BCUT2D eigenvalue weighted by Gasteiger charge is 2.29. The first kappa shape index (κ1) is 10.6. The molecule has 13 heavy (non-hydrogen) atoms. The van der Waals surface area contributed by atoms with E-state index in [0.717, 1.165) is 5.92 Å². The third kappa shape index (κ3) is 2.46. The van der Waals surface area contributed by atoms with Gasteiger partial charge < -0.3 is 0 Å². The van der Waals surface area contributed by atoms with Crippen molar-refractivity contribution in [2.24, 2.45) is 17.8 Å². The number of allylic oxidation sites excluding steroid dienone is 2. The normalized spacial score (nSPS) is 34.2. The summed E-state index contributed by atoms with van der Waals surface area (Å²) < 4.78 is 0. The fourth-order valence-corrected chi connectivity index (χ4v) is 2.52. The van der Waals surface area contributed by atoms with E-state index in [0.29, 0.717) is 11.8 Å². The molecular formula is C13H22. The molecule has 0 aromatic heterocycles. The minimum absolute atomic E-state index is 0.696. The molecule has 0 aromatic rings. The Morgan fingerprint density at radius 2 is 1.54 bits per heavy atom. The predicted molar refractivity (Wildman–Crippen MR) is 59.6 cm³/mol. The molecule has 0 aromatic carbocycles. The van der Waals surface area contributed by atoms with Gasteiger partial charge >= 0.3 is 0 Å². The Labute approximate surface area is 82.7 Å². The third-order valence-corrected chi connectivity index (χ3v) is 3.38. The minimum atomic E-state index is 0.696. The Balaban J connectivity index is 2.72. The van der Waals surface area contributed by atoms with Crippen LogP contribution in [0.15, 0.2) is 24.3 Å². The van der Waals surface area contributed by atoms with Gasteiger partial charge in [0.05, 0.1) is 0 Å². The summed E-state index contributed by atoms with van der Waals surface area (Å²) in [5.74, 6) is 2.27. The van der Waals surface area contributed by atoms with Gasteiger partial charge in [-0.3, -0.25) is 0 Å². The molecule has 1 fully saturated rings. The zero-order valence-electron chi connectivity index (χ0n) is 9.27. The van der Waals surface area contributed by atoms with Crippen LogP contribution in [0.3, 0.4) is 0 Å². The Bertz CT molecular complexity index is 212. The van der Waals surface area contributed by atoms with E-state index in [2.05, 4.69) is 33.9 Å². The van der Waals surface area contributed by atoms with Crippen molar-refractivity contribution in [3.05, 3.63) is 24.3 Å². The number of hydrogen-bond donors (Lipinski definition) is 0. The largest absolute Gasteiger partial charge is 0.0998 e. The smallest absolute Gasteiger partial charge is 0.0141 e. The highest BCUT2D eigenvalue weighted by atomic mass is 14.3. The maximum absolute atomic E-state index is 4.10. The predicted octanol–water partition coefficient (Wildman–Crippen LogP) is 4.19. The lowest BCUT2D eigenvalue weighted by Crippen LogP contribution is -2.25. The fraction of sp³-hybridized carbons (Fsp3) is 0.692. The molecule has 0 amide bonds. The molecule has 0 radical (unpaired) electrons. The first-order valence-corrected chi connectivity index (χ1v) is 5.33. The van der Waals surface area contributed by atoms with E-state index in [1.165, 1.54) is 30.4 Å². The van der Waals surface area contributed by atoms with Gasteiger partial charge in [-0.15, -0.1) is 0 Å². The SMILES string of the molecule is C=C(C)[C@H]1CC[C@H](C)C[C@@H]1C(=C)C. The summed E-state index contributed by atoms with van der Waals surface area (Å²) in [6, 6.07) is 0. The van der Waals surface area contributed by atoms with Gasteiger partial charge in [-0.1, -0.05) is 37.6 Å². The second-order valence-corrected chi connectivity index (χ2v) is 4.82. The number of rotatable bonds is 2. The fourth-order valence-electron chi connectivity index (χ4n) is 2.52. The van der Waals surface area contributed by atoms with Crippen molar-refractivity contribution in [3.63, 3.8) is 0 Å². The lowest BCUT2D eigenvalue weighted by atomic mass is 9.70. The lowest BCUT2D eigenvalue weighted by molar-refractivity contribution is 0.247. The molecule has 0 aliphatic heterocycles. The van der Waals surface area contributed by atoms with Gasteiger partial charge in [-0.25, -0.2) is 0 Å². The molecule has 0 heterocycles. The van der Waals surface area contributed by atoms with Crippen LogP contribution in [0.2, 0.25) is 0 Å². The second kappa shape index (κ2) is 4.13. The summed E-state index contributed by atoms with van der Waals surface area (Å²) in [5.41, 5.74) is 2.69. The van der Waals surface area contributed by atoms with Crippen molar-refractivity contribution in [2.45, 2.75) is 40.0 Å². The Hall–Kier alpha value is -0.520. The zero-order valence-corrected chi connectivity index (χ0v) is 9.27. The van der Waals surface area contributed by atoms with Crippen LogP contribution < -0.4 is 0 Å². The van der Waals surface area contributed by atoms with E-state index >= 15 is 0 Å². The van der Waals surface area contributed by atoms with Gasteiger partial charge in [0.1, 0.15) is 0 Å². The van der Waals surface area contributed by atoms with Crippen LogP contribution >= 0.6 is 0 Å². The van der Waals surface area contributed by atoms with Crippen molar-refractivity contribution < 1.29 is 0 Å². The van der Waals surface area contributed by atoms with Crippen molar-refractivity contribution >= 4 is 0 Å². The van der Waals surface area contributed by atoms with E-state index in [9.17, 15) is 0 Å². The summed E-state index contributed by atoms with van der Waals surface area (Å²) in [6.45, 7) is 14.9. The first-order valence-electron chi connectivity index (χ1n) is 5.33.